The van der Waals surface area contributed by atoms with Crippen molar-refractivity contribution in [2.24, 2.45) is 5.73 Å². The smallest absolute Gasteiger partial charge is 0.260 e. The first-order chi connectivity index (χ1) is 10.4. The third-order valence-corrected chi connectivity index (χ3v) is 4.34. The van der Waals surface area contributed by atoms with Gasteiger partial charge in [0.25, 0.3) is 5.91 Å². The summed E-state index contributed by atoms with van der Waals surface area (Å²) in [6, 6.07) is 6.79. The van der Waals surface area contributed by atoms with Crippen LogP contribution < -0.4 is 10.6 Å². The quantitative estimate of drug-likeness (QED) is 0.882. The zero-order chi connectivity index (χ0) is 16.3. The Hall–Kier alpha value is -1.63. The maximum absolute atomic E-state index is 13.0. The van der Waals surface area contributed by atoms with Crippen molar-refractivity contribution in [2.75, 3.05) is 11.4 Å². The van der Waals surface area contributed by atoms with Gasteiger partial charge in [0.2, 0.25) is 5.91 Å². The highest BCUT2D eigenvalue weighted by Gasteiger charge is 2.22. The molecule has 0 spiro atoms. The predicted molar refractivity (Wildman–Crippen MR) is 86.2 cm³/mol. The third kappa shape index (κ3) is 3.97. The summed E-state index contributed by atoms with van der Waals surface area (Å²) < 4.78 is 13.7. The number of carbonyl (C=O) groups excluding carboxylic acids is 2. The monoisotopic (exact) mass is 360 g/mol. The van der Waals surface area contributed by atoms with Crippen LogP contribution in [0.5, 0.6) is 0 Å². The molecule has 2 amide bonds. The van der Waals surface area contributed by atoms with E-state index in [1.807, 2.05) is 0 Å². The second kappa shape index (κ2) is 7.09. The lowest BCUT2D eigenvalue weighted by Gasteiger charge is -2.22. The number of hydrogen-bond donors (Lipinski definition) is 1. The lowest BCUT2D eigenvalue weighted by Crippen LogP contribution is -2.34. The standard InChI is InChI=1S/C14H11Cl2FN2O2S/c15-11-7-10(13(16)22-11)14(21)19(6-5-12(18)20)9-3-1-8(17)2-4-9/h1-4,7H,5-6H2,(H2,18,20). The molecule has 0 atom stereocenters. The Balaban J connectivity index is 2.34. The van der Waals surface area contributed by atoms with Gasteiger partial charge in [-0.05, 0) is 30.3 Å². The van der Waals surface area contributed by atoms with E-state index in [0.717, 1.165) is 11.3 Å². The molecule has 0 radical (unpaired) electrons. The summed E-state index contributed by atoms with van der Waals surface area (Å²) in [7, 11) is 0. The average Bonchev–Trinajstić information content (AvgIpc) is 2.79. The van der Waals surface area contributed by atoms with Crippen molar-refractivity contribution < 1.29 is 14.0 Å². The molecule has 2 N–H and O–H groups in total. The summed E-state index contributed by atoms with van der Waals surface area (Å²) in [4.78, 5) is 24.9. The fraction of sp³-hybridized carbons (Fsp3) is 0.143. The number of amides is 2. The molecule has 0 unspecified atom stereocenters. The zero-order valence-electron chi connectivity index (χ0n) is 11.2. The van der Waals surface area contributed by atoms with Crippen LogP contribution in [-0.4, -0.2) is 18.4 Å². The fourth-order valence-corrected chi connectivity index (χ4v) is 3.27. The molecule has 0 saturated heterocycles. The first-order valence-corrected chi connectivity index (χ1v) is 7.76. The molecule has 0 aliphatic carbocycles. The molecule has 1 aromatic heterocycles. The SMILES string of the molecule is NC(=O)CCN(C(=O)c1cc(Cl)sc1Cl)c1ccc(F)cc1. The molecule has 22 heavy (non-hydrogen) atoms. The van der Waals surface area contributed by atoms with Gasteiger partial charge in [-0.25, -0.2) is 4.39 Å². The van der Waals surface area contributed by atoms with Crippen molar-refractivity contribution in [3.05, 3.63) is 50.4 Å². The topological polar surface area (TPSA) is 63.4 Å². The van der Waals surface area contributed by atoms with Crippen molar-refractivity contribution in [3.63, 3.8) is 0 Å². The van der Waals surface area contributed by atoms with E-state index >= 15 is 0 Å². The van der Waals surface area contributed by atoms with Crippen LogP contribution in [0.1, 0.15) is 16.8 Å². The highest BCUT2D eigenvalue weighted by atomic mass is 35.5. The minimum Gasteiger partial charge on any atom is -0.370 e. The van der Waals surface area contributed by atoms with Crippen LogP contribution in [0.4, 0.5) is 10.1 Å². The molecule has 0 aliphatic rings. The largest absolute Gasteiger partial charge is 0.370 e. The number of nitrogens with two attached hydrogens (primary N) is 1. The molecule has 0 fully saturated rings. The van der Waals surface area contributed by atoms with Gasteiger partial charge in [0.1, 0.15) is 10.2 Å². The van der Waals surface area contributed by atoms with Gasteiger partial charge < -0.3 is 10.6 Å². The van der Waals surface area contributed by atoms with E-state index in [2.05, 4.69) is 0 Å². The molecule has 0 aliphatic heterocycles. The van der Waals surface area contributed by atoms with Crippen molar-refractivity contribution >= 4 is 52.0 Å². The number of carbonyl (C=O) groups is 2. The van der Waals surface area contributed by atoms with Gasteiger partial charge in [0.05, 0.1) is 9.90 Å². The lowest BCUT2D eigenvalue weighted by molar-refractivity contribution is -0.117. The van der Waals surface area contributed by atoms with Crippen LogP contribution in [0.3, 0.4) is 0 Å². The Morgan fingerprint density at radius 2 is 1.86 bits per heavy atom. The summed E-state index contributed by atoms with van der Waals surface area (Å²) in [6.07, 6.45) is -0.0292. The van der Waals surface area contributed by atoms with Crippen LogP contribution in [0.15, 0.2) is 30.3 Å². The summed E-state index contributed by atoms with van der Waals surface area (Å²) in [6.45, 7) is 0.0591. The number of primary amides is 1. The first kappa shape index (κ1) is 16.7. The number of nitrogens with zero attached hydrogens (tertiary/aromatic N) is 1. The Bertz CT molecular complexity index is 703. The minimum absolute atomic E-state index is 0.0292. The molecular formula is C14H11Cl2FN2O2S. The predicted octanol–water partition coefficient (Wildman–Crippen LogP) is 3.72. The summed E-state index contributed by atoms with van der Waals surface area (Å²) in [5, 5.41) is 0. The van der Waals surface area contributed by atoms with E-state index in [4.69, 9.17) is 28.9 Å². The van der Waals surface area contributed by atoms with Crippen LogP contribution in [-0.2, 0) is 4.79 Å². The molecule has 2 rings (SSSR count). The van der Waals surface area contributed by atoms with Crippen LogP contribution in [0, 0.1) is 5.82 Å². The van der Waals surface area contributed by atoms with Gasteiger partial charge in [-0.1, -0.05) is 23.2 Å². The number of benzene rings is 1. The van der Waals surface area contributed by atoms with Crippen LogP contribution in [0.25, 0.3) is 0 Å². The van der Waals surface area contributed by atoms with Gasteiger partial charge in [-0.15, -0.1) is 11.3 Å². The molecule has 0 bridgehead atoms. The number of rotatable bonds is 5. The molecule has 8 heteroatoms. The van der Waals surface area contributed by atoms with E-state index in [1.165, 1.54) is 35.2 Å². The summed E-state index contributed by atoms with van der Waals surface area (Å²) in [5.74, 6) is -1.40. The van der Waals surface area contributed by atoms with Gasteiger partial charge in [0, 0.05) is 18.7 Å². The highest BCUT2D eigenvalue weighted by Crippen LogP contribution is 2.33. The Labute approximate surface area is 140 Å². The number of halogens is 3. The average molecular weight is 361 g/mol. The summed E-state index contributed by atoms with van der Waals surface area (Å²) in [5.41, 5.74) is 5.80. The molecule has 0 saturated carbocycles. The van der Waals surface area contributed by atoms with E-state index in [-0.39, 0.29) is 22.9 Å². The molecular weight excluding hydrogens is 350 g/mol. The van der Waals surface area contributed by atoms with Gasteiger partial charge >= 0.3 is 0 Å². The molecule has 116 valence electrons. The van der Waals surface area contributed by atoms with Crippen LogP contribution in [0.2, 0.25) is 8.67 Å². The maximum Gasteiger partial charge on any atom is 0.260 e. The van der Waals surface area contributed by atoms with Crippen molar-refractivity contribution in [3.8, 4) is 0 Å². The Morgan fingerprint density at radius 1 is 1.23 bits per heavy atom. The Kier molecular flexibility index (Phi) is 5.39. The number of thiophene rings is 1. The van der Waals surface area contributed by atoms with E-state index < -0.39 is 17.6 Å². The maximum atomic E-state index is 13.0. The third-order valence-electron chi connectivity index (χ3n) is 2.85. The van der Waals surface area contributed by atoms with Crippen molar-refractivity contribution in [1.29, 1.82) is 0 Å². The molecule has 1 heterocycles. The molecule has 2 aromatic rings. The number of hydrogen-bond acceptors (Lipinski definition) is 3. The highest BCUT2D eigenvalue weighted by molar-refractivity contribution is 7.20. The van der Waals surface area contributed by atoms with E-state index in [1.54, 1.807) is 0 Å². The normalized spacial score (nSPS) is 10.5. The summed E-state index contributed by atoms with van der Waals surface area (Å²) >= 11 is 12.9. The minimum atomic E-state index is -0.547. The zero-order valence-corrected chi connectivity index (χ0v) is 13.5. The van der Waals surface area contributed by atoms with Crippen LogP contribution >= 0.6 is 34.5 Å². The van der Waals surface area contributed by atoms with Gasteiger partial charge in [0.15, 0.2) is 0 Å². The van der Waals surface area contributed by atoms with Crippen molar-refractivity contribution in [1.82, 2.24) is 0 Å². The Morgan fingerprint density at radius 3 is 2.36 bits per heavy atom. The van der Waals surface area contributed by atoms with E-state index in [9.17, 15) is 14.0 Å². The fourth-order valence-electron chi connectivity index (χ4n) is 1.82. The lowest BCUT2D eigenvalue weighted by atomic mass is 10.2. The number of anilines is 1. The van der Waals surface area contributed by atoms with E-state index in [0.29, 0.717) is 10.0 Å². The molecule has 1 aromatic carbocycles. The first-order valence-electron chi connectivity index (χ1n) is 6.19. The van der Waals surface area contributed by atoms with Crippen molar-refractivity contribution in [2.45, 2.75) is 6.42 Å². The van der Waals surface area contributed by atoms with Gasteiger partial charge in [-0.2, -0.15) is 0 Å². The second-order valence-corrected chi connectivity index (χ2v) is 6.67. The molecule has 4 nitrogen and oxygen atoms in total. The second-order valence-electron chi connectivity index (χ2n) is 4.39. The van der Waals surface area contributed by atoms with Gasteiger partial charge in [-0.3, -0.25) is 9.59 Å².